The van der Waals surface area contributed by atoms with Gasteiger partial charge in [0.25, 0.3) is 0 Å². The van der Waals surface area contributed by atoms with Gasteiger partial charge in [0.15, 0.2) is 5.13 Å². The number of hydrogen-bond donors (Lipinski definition) is 1. The number of nitrogens with zero attached hydrogens (tertiary/aromatic N) is 2. The van der Waals surface area contributed by atoms with E-state index < -0.39 is 0 Å². The van der Waals surface area contributed by atoms with E-state index in [1.807, 2.05) is 0 Å². The van der Waals surface area contributed by atoms with E-state index in [1.54, 1.807) is 0 Å². The van der Waals surface area contributed by atoms with Gasteiger partial charge in [-0.3, -0.25) is 9.69 Å². The molecule has 6 heteroatoms. The number of hydrogen-bond acceptors (Lipinski definition) is 5. The van der Waals surface area contributed by atoms with Crippen molar-refractivity contribution in [3.63, 3.8) is 0 Å². The van der Waals surface area contributed by atoms with E-state index in [0.29, 0.717) is 6.10 Å². The van der Waals surface area contributed by atoms with E-state index in [9.17, 15) is 4.79 Å². The number of anilines is 1. The van der Waals surface area contributed by atoms with Crippen LogP contribution in [-0.4, -0.2) is 41.1 Å². The van der Waals surface area contributed by atoms with Gasteiger partial charge in [-0.05, 0) is 45.2 Å². The first-order valence-electron chi connectivity index (χ1n) is 8.91. The van der Waals surface area contributed by atoms with Crippen molar-refractivity contribution < 1.29 is 9.53 Å². The van der Waals surface area contributed by atoms with Crippen LogP contribution >= 0.6 is 11.3 Å². The molecule has 3 saturated heterocycles. The Kier molecular flexibility index (Phi) is 4.64. The molecule has 0 aromatic carbocycles. The van der Waals surface area contributed by atoms with E-state index in [-0.39, 0.29) is 17.9 Å². The smallest absolute Gasteiger partial charge is 0.231 e. The zero-order chi connectivity index (χ0) is 15.6. The molecular weight excluding hydrogens is 310 g/mol. The lowest BCUT2D eigenvalue weighted by atomic mass is 9.89. The third-order valence-corrected chi connectivity index (χ3v) is 6.12. The van der Waals surface area contributed by atoms with Crippen molar-refractivity contribution in [2.75, 3.05) is 18.4 Å². The molecule has 23 heavy (non-hydrogen) atoms. The number of thiazole rings is 1. The van der Waals surface area contributed by atoms with Gasteiger partial charge in [0.1, 0.15) is 0 Å². The van der Waals surface area contributed by atoms with Crippen LogP contribution in [0.1, 0.15) is 50.6 Å². The fourth-order valence-electron chi connectivity index (χ4n) is 4.07. The zero-order valence-electron chi connectivity index (χ0n) is 13.5. The number of fused-ring (bicyclic) bond motifs is 2. The maximum absolute atomic E-state index is 12.4. The average molecular weight is 335 g/mol. The van der Waals surface area contributed by atoms with Crippen LogP contribution < -0.4 is 5.32 Å². The molecule has 1 aromatic heterocycles. The lowest BCUT2D eigenvalue weighted by Gasteiger charge is -2.18. The highest BCUT2D eigenvalue weighted by atomic mass is 32.1. The summed E-state index contributed by atoms with van der Waals surface area (Å²) in [6.45, 7) is 3.24. The monoisotopic (exact) mass is 335 g/mol. The van der Waals surface area contributed by atoms with Gasteiger partial charge < -0.3 is 10.1 Å². The number of amides is 1. The van der Waals surface area contributed by atoms with Gasteiger partial charge >= 0.3 is 0 Å². The molecule has 0 spiro atoms. The molecule has 1 aromatic rings. The number of nitrogens with one attached hydrogen (secondary N) is 1. The Bertz CT molecular complexity index is 554. The van der Waals surface area contributed by atoms with Crippen molar-refractivity contribution in [2.24, 2.45) is 5.92 Å². The molecule has 2 bridgehead atoms. The molecule has 5 nitrogen and oxygen atoms in total. The molecule has 3 fully saturated rings. The molecule has 0 saturated carbocycles. The molecule has 126 valence electrons. The van der Waals surface area contributed by atoms with Crippen LogP contribution in [0, 0.1) is 5.92 Å². The van der Waals surface area contributed by atoms with E-state index in [4.69, 9.17) is 4.74 Å². The van der Waals surface area contributed by atoms with Crippen LogP contribution in [-0.2, 0) is 16.1 Å². The average Bonchev–Trinajstić information content (AvgIpc) is 3.23. The SMILES string of the molecule is O=C(Nc1nc(CN2CCCCCC2)cs1)[C@H]1C[C@H]2CC[C@@H]1O2. The van der Waals surface area contributed by atoms with Crippen LogP contribution in [0.3, 0.4) is 0 Å². The van der Waals surface area contributed by atoms with Crippen LogP contribution in [0.25, 0.3) is 0 Å². The summed E-state index contributed by atoms with van der Waals surface area (Å²) >= 11 is 1.54. The molecular formula is C17H25N3O2S. The summed E-state index contributed by atoms with van der Waals surface area (Å²) in [5, 5.41) is 5.83. The maximum Gasteiger partial charge on any atom is 0.231 e. The first-order chi connectivity index (χ1) is 11.3. The number of rotatable bonds is 4. The van der Waals surface area contributed by atoms with Crippen LogP contribution in [0.15, 0.2) is 5.38 Å². The van der Waals surface area contributed by atoms with E-state index in [0.717, 1.165) is 36.6 Å². The molecule has 4 rings (SSSR count). The molecule has 3 aliphatic rings. The van der Waals surface area contributed by atoms with Gasteiger partial charge in [-0.2, -0.15) is 0 Å². The van der Waals surface area contributed by atoms with Crippen LogP contribution in [0.5, 0.6) is 0 Å². The number of carbonyl (C=O) groups excluding carboxylic acids is 1. The maximum atomic E-state index is 12.4. The molecule has 0 unspecified atom stereocenters. The first kappa shape index (κ1) is 15.5. The van der Waals surface area contributed by atoms with Crippen LogP contribution in [0.2, 0.25) is 0 Å². The van der Waals surface area contributed by atoms with Gasteiger partial charge in [0.2, 0.25) is 5.91 Å². The Morgan fingerprint density at radius 2 is 2.13 bits per heavy atom. The minimum absolute atomic E-state index is 0.0201. The predicted molar refractivity (Wildman–Crippen MR) is 90.5 cm³/mol. The molecule has 0 aliphatic carbocycles. The molecule has 3 atom stereocenters. The highest BCUT2D eigenvalue weighted by molar-refractivity contribution is 7.13. The summed E-state index contributed by atoms with van der Waals surface area (Å²) in [5.41, 5.74) is 1.08. The normalized spacial score (nSPS) is 31.2. The highest BCUT2D eigenvalue weighted by Gasteiger charge is 2.44. The van der Waals surface area contributed by atoms with Gasteiger partial charge in [-0.1, -0.05) is 12.8 Å². The number of carbonyl (C=O) groups is 1. The second-order valence-electron chi connectivity index (χ2n) is 7.04. The lowest BCUT2D eigenvalue weighted by Crippen LogP contribution is -2.30. The van der Waals surface area contributed by atoms with Crippen molar-refractivity contribution in [1.29, 1.82) is 0 Å². The van der Waals surface area contributed by atoms with Gasteiger partial charge in [0, 0.05) is 11.9 Å². The molecule has 0 radical (unpaired) electrons. The summed E-state index contributed by atoms with van der Waals surface area (Å²) < 4.78 is 5.78. The van der Waals surface area contributed by atoms with Gasteiger partial charge in [-0.25, -0.2) is 4.98 Å². The Morgan fingerprint density at radius 3 is 2.83 bits per heavy atom. The van der Waals surface area contributed by atoms with Gasteiger partial charge in [-0.15, -0.1) is 11.3 Å². The van der Waals surface area contributed by atoms with Crippen molar-refractivity contribution in [3.05, 3.63) is 11.1 Å². The fourth-order valence-corrected chi connectivity index (χ4v) is 4.78. The Morgan fingerprint density at radius 1 is 1.30 bits per heavy atom. The largest absolute Gasteiger partial charge is 0.374 e. The second-order valence-corrected chi connectivity index (χ2v) is 7.90. The molecule has 1 amide bonds. The molecule has 1 N–H and O–H groups in total. The van der Waals surface area contributed by atoms with Crippen molar-refractivity contribution in [2.45, 2.75) is 63.7 Å². The van der Waals surface area contributed by atoms with Gasteiger partial charge in [0.05, 0.1) is 23.8 Å². The van der Waals surface area contributed by atoms with Crippen molar-refractivity contribution in [1.82, 2.24) is 9.88 Å². The summed E-state index contributed by atoms with van der Waals surface area (Å²) in [5.74, 6) is 0.111. The summed E-state index contributed by atoms with van der Waals surface area (Å²) in [7, 11) is 0. The molecule has 4 heterocycles. The Labute approximate surface area is 141 Å². The van der Waals surface area contributed by atoms with E-state index in [2.05, 4.69) is 20.6 Å². The standard InChI is InChI=1S/C17H25N3O2S/c21-16(14-9-13-5-6-15(14)22-13)19-17-18-12(11-23-17)10-20-7-3-1-2-4-8-20/h11,13-15H,1-10H2,(H,18,19,21)/t13-,14+,15+/m1/s1. The quantitative estimate of drug-likeness (QED) is 0.919. The minimum atomic E-state index is 0.0201. The van der Waals surface area contributed by atoms with E-state index in [1.165, 1.54) is 50.1 Å². The first-order valence-corrected chi connectivity index (χ1v) is 9.79. The van der Waals surface area contributed by atoms with Crippen molar-refractivity contribution >= 4 is 22.4 Å². The Hall–Kier alpha value is -0.980. The number of aromatic nitrogens is 1. The van der Waals surface area contributed by atoms with E-state index >= 15 is 0 Å². The number of likely N-dealkylation sites (tertiary alicyclic amines) is 1. The lowest BCUT2D eigenvalue weighted by molar-refractivity contribution is -0.121. The third kappa shape index (κ3) is 3.59. The zero-order valence-corrected chi connectivity index (χ0v) is 14.3. The number of ether oxygens (including phenoxy) is 1. The topological polar surface area (TPSA) is 54.5 Å². The highest BCUT2D eigenvalue weighted by Crippen LogP contribution is 2.39. The minimum Gasteiger partial charge on any atom is -0.374 e. The molecule has 3 aliphatic heterocycles. The fraction of sp³-hybridized carbons (Fsp3) is 0.765. The van der Waals surface area contributed by atoms with Crippen LogP contribution in [0.4, 0.5) is 5.13 Å². The summed E-state index contributed by atoms with van der Waals surface area (Å²) in [6.07, 6.45) is 8.74. The predicted octanol–water partition coefficient (Wildman–Crippen LogP) is 3.03. The van der Waals surface area contributed by atoms with Crippen molar-refractivity contribution in [3.8, 4) is 0 Å². The second kappa shape index (κ2) is 6.87. The Balaban J connectivity index is 1.32. The third-order valence-electron chi connectivity index (χ3n) is 5.31. The summed E-state index contributed by atoms with van der Waals surface area (Å²) in [4.78, 5) is 19.5. The summed E-state index contributed by atoms with van der Waals surface area (Å²) in [6, 6.07) is 0.